The van der Waals surface area contributed by atoms with E-state index in [1.165, 1.54) is 10.8 Å². The van der Waals surface area contributed by atoms with Crippen LogP contribution in [0.25, 0.3) is 32.7 Å². The SMILES string of the molecule is COc1cc(C)c2cc(-c3ccc4c(CO)c(C(=O)O)ccc4c3)ccc2c1C. The molecule has 0 saturated carbocycles. The molecule has 4 aromatic carbocycles. The monoisotopic (exact) mass is 386 g/mol. The number of aromatic carboxylic acids is 1. The van der Waals surface area contributed by atoms with Crippen molar-refractivity contribution in [1.29, 1.82) is 0 Å². The van der Waals surface area contributed by atoms with E-state index >= 15 is 0 Å². The fourth-order valence-electron chi connectivity index (χ4n) is 4.05. The molecular weight excluding hydrogens is 364 g/mol. The Morgan fingerprint density at radius 2 is 1.59 bits per heavy atom. The van der Waals surface area contributed by atoms with Crippen LogP contribution < -0.4 is 4.74 Å². The summed E-state index contributed by atoms with van der Waals surface area (Å²) < 4.78 is 5.48. The number of aliphatic hydroxyl groups excluding tert-OH is 1. The molecule has 4 heteroatoms. The summed E-state index contributed by atoms with van der Waals surface area (Å²) in [5, 5.41) is 23.1. The molecule has 4 nitrogen and oxygen atoms in total. The summed E-state index contributed by atoms with van der Waals surface area (Å²) in [5.41, 5.74) is 4.97. The molecule has 0 saturated heterocycles. The summed E-state index contributed by atoms with van der Waals surface area (Å²) in [4.78, 5) is 11.4. The summed E-state index contributed by atoms with van der Waals surface area (Å²) in [7, 11) is 1.69. The van der Waals surface area contributed by atoms with Crippen molar-refractivity contribution in [2.75, 3.05) is 7.11 Å². The van der Waals surface area contributed by atoms with Crippen LogP contribution in [0.4, 0.5) is 0 Å². The number of rotatable bonds is 4. The van der Waals surface area contributed by atoms with E-state index in [1.54, 1.807) is 19.2 Å². The Kier molecular flexibility index (Phi) is 4.73. The Hall–Kier alpha value is -3.37. The molecule has 0 bridgehead atoms. The summed E-state index contributed by atoms with van der Waals surface area (Å²) in [6.45, 7) is 3.83. The molecule has 146 valence electrons. The van der Waals surface area contributed by atoms with Crippen molar-refractivity contribution in [2.24, 2.45) is 0 Å². The van der Waals surface area contributed by atoms with Crippen molar-refractivity contribution in [3.05, 3.63) is 76.9 Å². The van der Waals surface area contributed by atoms with E-state index in [-0.39, 0.29) is 12.2 Å². The fraction of sp³-hybridized carbons (Fsp3) is 0.160. The smallest absolute Gasteiger partial charge is 0.336 e. The lowest BCUT2D eigenvalue weighted by Crippen LogP contribution is -2.03. The van der Waals surface area contributed by atoms with Gasteiger partial charge in [-0.3, -0.25) is 0 Å². The maximum atomic E-state index is 11.4. The van der Waals surface area contributed by atoms with Gasteiger partial charge >= 0.3 is 5.97 Å². The molecular formula is C25H22O4. The molecule has 0 aliphatic rings. The summed E-state index contributed by atoms with van der Waals surface area (Å²) in [6, 6.07) is 17.7. The zero-order chi connectivity index (χ0) is 20.7. The van der Waals surface area contributed by atoms with Crippen LogP contribution in [-0.2, 0) is 6.61 Å². The summed E-state index contributed by atoms with van der Waals surface area (Å²) in [6.07, 6.45) is 0. The molecule has 0 aliphatic carbocycles. The van der Waals surface area contributed by atoms with Gasteiger partial charge in [-0.15, -0.1) is 0 Å². The maximum Gasteiger partial charge on any atom is 0.336 e. The van der Waals surface area contributed by atoms with Crippen molar-refractivity contribution < 1.29 is 19.7 Å². The van der Waals surface area contributed by atoms with Gasteiger partial charge in [-0.25, -0.2) is 4.79 Å². The van der Waals surface area contributed by atoms with Gasteiger partial charge in [-0.2, -0.15) is 0 Å². The number of methoxy groups -OCH3 is 1. The van der Waals surface area contributed by atoms with Crippen LogP contribution in [0.3, 0.4) is 0 Å². The van der Waals surface area contributed by atoms with Crippen molar-refractivity contribution in [3.63, 3.8) is 0 Å². The normalized spacial score (nSPS) is 11.2. The summed E-state index contributed by atoms with van der Waals surface area (Å²) in [5.74, 6) is -0.143. The molecule has 0 amide bonds. The molecule has 29 heavy (non-hydrogen) atoms. The van der Waals surface area contributed by atoms with Gasteiger partial charge in [-0.1, -0.05) is 30.3 Å². The van der Waals surface area contributed by atoms with Gasteiger partial charge in [0.15, 0.2) is 0 Å². The lowest BCUT2D eigenvalue weighted by Gasteiger charge is -2.14. The number of benzene rings is 4. The van der Waals surface area contributed by atoms with Crippen molar-refractivity contribution in [3.8, 4) is 16.9 Å². The summed E-state index contributed by atoms with van der Waals surface area (Å²) >= 11 is 0. The van der Waals surface area contributed by atoms with Crippen LogP contribution >= 0.6 is 0 Å². The minimum absolute atomic E-state index is 0.138. The number of carboxylic acid groups (broad SMARTS) is 1. The number of hydrogen-bond acceptors (Lipinski definition) is 3. The van der Waals surface area contributed by atoms with E-state index in [0.717, 1.165) is 38.8 Å². The Labute approximate surface area is 169 Å². The first kappa shape index (κ1) is 19.0. The number of hydrogen-bond donors (Lipinski definition) is 2. The number of fused-ring (bicyclic) bond motifs is 2. The number of aryl methyl sites for hydroxylation is 2. The molecule has 2 N–H and O–H groups in total. The first-order chi connectivity index (χ1) is 13.9. The fourth-order valence-corrected chi connectivity index (χ4v) is 4.05. The second-order valence-corrected chi connectivity index (χ2v) is 7.27. The van der Waals surface area contributed by atoms with E-state index in [4.69, 9.17) is 4.74 Å². The Morgan fingerprint density at radius 3 is 2.24 bits per heavy atom. The lowest BCUT2D eigenvalue weighted by atomic mass is 9.93. The third kappa shape index (κ3) is 3.12. The van der Waals surface area contributed by atoms with Gasteiger partial charge in [0.05, 0.1) is 19.3 Å². The molecule has 0 fully saturated rings. The molecule has 0 heterocycles. The van der Waals surface area contributed by atoms with Gasteiger partial charge in [0.2, 0.25) is 0 Å². The molecule has 0 atom stereocenters. The van der Waals surface area contributed by atoms with Gasteiger partial charge in [0.25, 0.3) is 0 Å². The Balaban J connectivity index is 1.88. The molecule has 0 aromatic heterocycles. The average Bonchev–Trinajstić information content (AvgIpc) is 2.74. The minimum atomic E-state index is -1.03. The van der Waals surface area contributed by atoms with Crippen LogP contribution in [0.15, 0.2) is 54.6 Å². The standard InChI is InChI=1S/C25H22O4/c1-14-10-24(29-3)15(2)19-7-4-17(12-22(14)19)16-5-8-20-18(11-16)6-9-21(25(27)28)23(20)13-26/h4-12,26H,13H2,1-3H3,(H,27,28). The minimum Gasteiger partial charge on any atom is -0.496 e. The van der Waals surface area contributed by atoms with E-state index in [9.17, 15) is 15.0 Å². The largest absolute Gasteiger partial charge is 0.496 e. The highest BCUT2D eigenvalue weighted by Crippen LogP contribution is 2.34. The highest BCUT2D eigenvalue weighted by Gasteiger charge is 2.14. The number of ether oxygens (including phenoxy) is 1. The third-order valence-electron chi connectivity index (χ3n) is 5.64. The van der Waals surface area contributed by atoms with Gasteiger partial charge < -0.3 is 14.9 Å². The molecule has 0 unspecified atom stereocenters. The molecule has 0 aliphatic heterocycles. The second kappa shape index (κ2) is 7.22. The number of carbonyl (C=O) groups is 1. The molecule has 0 radical (unpaired) electrons. The van der Waals surface area contributed by atoms with E-state index in [0.29, 0.717) is 5.56 Å². The van der Waals surface area contributed by atoms with Gasteiger partial charge in [0.1, 0.15) is 5.75 Å². The van der Waals surface area contributed by atoms with Crippen LogP contribution in [0, 0.1) is 13.8 Å². The Morgan fingerprint density at radius 1 is 0.897 bits per heavy atom. The molecule has 0 spiro atoms. The highest BCUT2D eigenvalue weighted by atomic mass is 16.5. The van der Waals surface area contributed by atoms with E-state index in [1.807, 2.05) is 18.2 Å². The quantitative estimate of drug-likeness (QED) is 0.488. The lowest BCUT2D eigenvalue weighted by molar-refractivity contribution is 0.0693. The zero-order valence-electron chi connectivity index (χ0n) is 16.6. The average molecular weight is 386 g/mol. The van der Waals surface area contributed by atoms with Crippen molar-refractivity contribution >= 4 is 27.5 Å². The first-order valence-corrected chi connectivity index (χ1v) is 9.42. The topological polar surface area (TPSA) is 66.8 Å². The third-order valence-corrected chi connectivity index (χ3v) is 5.64. The zero-order valence-corrected chi connectivity index (χ0v) is 16.6. The predicted molar refractivity (Wildman–Crippen MR) is 116 cm³/mol. The van der Waals surface area contributed by atoms with Crippen molar-refractivity contribution in [2.45, 2.75) is 20.5 Å². The highest BCUT2D eigenvalue weighted by molar-refractivity contribution is 6.00. The number of carboxylic acids is 1. The van der Waals surface area contributed by atoms with Gasteiger partial charge in [0, 0.05) is 0 Å². The van der Waals surface area contributed by atoms with Crippen LogP contribution in [-0.4, -0.2) is 23.3 Å². The van der Waals surface area contributed by atoms with Crippen LogP contribution in [0.1, 0.15) is 27.0 Å². The van der Waals surface area contributed by atoms with Crippen LogP contribution in [0.2, 0.25) is 0 Å². The van der Waals surface area contributed by atoms with E-state index in [2.05, 4.69) is 38.1 Å². The van der Waals surface area contributed by atoms with E-state index < -0.39 is 5.97 Å². The Bertz CT molecular complexity index is 1270. The maximum absolute atomic E-state index is 11.4. The number of aliphatic hydroxyl groups is 1. The first-order valence-electron chi connectivity index (χ1n) is 9.42. The van der Waals surface area contributed by atoms with Gasteiger partial charge in [-0.05, 0) is 87.5 Å². The van der Waals surface area contributed by atoms with Crippen molar-refractivity contribution in [1.82, 2.24) is 0 Å². The molecule has 4 rings (SSSR count). The predicted octanol–water partition coefficient (Wildman–Crippen LogP) is 5.48. The molecule has 4 aromatic rings. The van der Waals surface area contributed by atoms with Crippen LogP contribution in [0.5, 0.6) is 5.75 Å². The second-order valence-electron chi connectivity index (χ2n) is 7.27.